The normalized spacial score (nSPS) is 11.3. The Morgan fingerprint density at radius 1 is 1.00 bits per heavy atom. The first-order chi connectivity index (χ1) is 16.1. The summed E-state index contributed by atoms with van der Waals surface area (Å²) in [7, 11) is 0. The minimum atomic E-state index is -0.388. The molecule has 7 heteroatoms. The van der Waals surface area contributed by atoms with Crippen molar-refractivity contribution in [3.63, 3.8) is 0 Å². The van der Waals surface area contributed by atoms with Crippen LogP contribution in [0, 0.1) is 6.92 Å². The molecule has 0 aromatic heterocycles. The van der Waals surface area contributed by atoms with Crippen molar-refractivity contribution < 1.29 is 14.3 Å². The Hall–Kier alpha value is -3.64. The third-order valence-corrected chi connectivity index (χ3v) is 5.59. The fourth-order valence-corrected chi connectivity index (χ4v) is 3.24. The first-order valence-corrected chi connectivity index (χ1v) is 11.2. The van der Waals surface area contributed by atoms with Crippen molar-refractivity contribution in [2.75, 3.05) is 11.9 Å². The monoisotopic (exact) mass is 477 g/mol. The molecular weight excluding hydrogens is 450 g/mol. The van der Waals surface area contributed by atoms with Crippen molar-refractivity contribution in [2.24, 2.45) is 5.10 Å². The second kappa shape index (κ2) is 11.0. The number of nitrogens with one attached hydrogen (secondary N) is 2. The van der Waals surface area contributed by atoms with Crippen molar-refractivity contribution in [2.45, 2.75) is 33.1 Å². The third kappa shape index (κ3) is 6.93. The van der Waals surface area contributed by atoms with Crippen LogP contribution in [-0.4, -0.2) is 24.6 Å². The van der Waals surface area contributed by atoms with E-state index in [0.29, 0.717) is 22.0 Å². The van der Waals surface area contributed by atoms with Crippen LogP contribution < -0.4 is 15.5 Å². The van der Waals surface area contributed by atoms with Gasteiger partial charge in [-0.05, 0) is 65.4 Å². The molecule has 0 aliphatic rings. The molecular formula is C27H28ClN3O3. The molecule has 0 radical (unpaired) electrons. The fourth-order valence-electron chi connectivity index (χ4n) is 3.07. The Labute approximate surface area is 205 Å². The fraction of sp³-hybridized carbons (Fsp3) is 0.222. The summed E-state index contributed by atoms with van der Waals surface area (Å²) >= 11 is 6.10. The minimum Gasteiger partial charge on any atom is -0.484 e. The van der Waals surface area contributed by atoms with Gasteiger partial charge in [-0.1, -0.05) is 62.7 Å². The summed E-state index contributed by atoms with van der Waals surface area (Å²) in [5.41, 5.74) is 6.55. The molecule has 0 saturated carbocycles. The number of benzene rings is 3. The van der Waals surface area contributed by atoms with Crippen molar-refractivity contribution in [3.05, 3.63) is 94.0 Å². The van der Waals surface area contributed by atoms with Gasteiger partial charge >= 0.3 is 0 Å². The van der Waals surface area contributed by atoms with Crippen molar-refractivity contribution >= 4 is 35.3 Å². The highest BCUT2D eigenvalue weighted by Gasteiger charge is 2.12. The Morgan fingerprint density at radius 3 is 2.32 bits per heavy atom. The maximum atomic E-state index is 12.5. The summed E-state index contributed by atoms with van der Waals surface area (Å²) in [6.45, 7) is 8.10. The highest BCUT2D eigenvalue weighted by atomic mass is 35.5. The van der Waals surface area contributed by atoms with Crippen LogP contribution in [-0.2, 0) is 10.2 Å². The maximum absolute atomic E-state index is 12.5. The van der Waals surface area contributed by atoms with Crippen LogP contribution in [0.1, 0.15) is 47.8 Å². The summed E-state index contributed by atoms with van der Waals surface area (Å²) in [5, 5.41) is 7.39. The van der Waals surface area contributed by atoms with E-state index >= 15 is 0 Å². The molecule has 6 nitrogen and oxygen atoms in total. The number of hydrazone groups is 1. The molecule has 0 aliphatic carbocycles. The van der Waals surface area contributed by atoms with Gasteiger partial charge in [0.15, 0.2) is 6.61 Å². The second-order valence-electron chi connectivity index (χ2n) is 8.84. The number of nitrogens with zero attached hydrogens (tertiary/aromatic N) is 1. The SMILES string of the molecule is Cc1c(Cl)cccc1NC(=O)c1ccc(OCC(=O)N/N=C/c2ccc(C(C)(C)C)cc2)cc1. The smallest absolute Gasteiger partial charge is 0.277 e. The van der Waals surface area contributed by atoms with E-state index in [0.717, 1.165) is 11.1 Å². The number of carbonyl (C=O) groups is 2. The van der Waals surface area contributed by atoms with Gasteiger partial charge in [0, 0.05) is 16.3 Å². The number of ether oxygens (including phenoxy) is 1. The van der Waals surface area contributed by atoms with Crippen LogP contribution in [0.2, 0.25) is 5.02 Å². The molecule has 0 bridgehead atoms. The molecule has 0 saturated heterocycles. The molecule has 0 fully saturated rings. The Bertz CT molecular complexity index is 1180. The van der Waals surface area contributed by atoms with Crippen molar-refractivity contribution in [1.29, 1.82) is 0 Å². The number of carbonyl (C=O) groups excluding carboxylic acids is 2. The van der Waals surface area contributed by atoms with E-state index in [2.05, 4.69) is 36.6 Å². The molecule has 176 valence electrons. The molecule has 0 heterocycles. The standard InChI is InChI=1S/C27H28ClN3O3/c1-18-23(28)6-5-7-24(18)30-26(33)20-10-14-22(15-11-20)34-17-25(32)31-29-16-19-8-12-21(13-9-19)27(2,3)4/h5-16H,17H2,1-4H3,(H,30,33)(H,31,32)/b29-16+. The predicted molar refractivity (Wildman–Crippen MR) is 137 cm³/mol. The molecule has 2 amide bonds. The quantitative estimate of drug-likeness (QED) is 0.337. The number of rotatable bonds is 7. The molecule has 3 rings (SSSR count). The zero-order valence-electron chi connectivity index (χ0n) is 19.7. The second-order valence-corrected chi connectivity index (χ2v) is 9.25. The van der Waals surface area contributed by atoms with Crippen LogP contribution in [0.25, 0.3) is 0 Å². The molecule has 3 aromatic carbocycles. The maximum Gasteiger partial charge on any atom is 0.277 e. The van der Waals surface area contributed by atoms with Crippen molar-refractivity contribution in [3.8, 4) is 5.75 Å². The highest BCUT2D eigenvalue weighted by molar-refractivity contribution is 6.31. The lowest BCUT2D eigenvalue weighted by atomic mass is 9.87. The van der Waals surface area contributed by atoms with Gasteiger partial charge in [0.25, 0.3) is 11.8 Å². The van der Waals surface area contributed by atoms with E-state index in [1.165, 1.54) is 5.56 Å². The number of hydrogen-bond acceptors (Lipinski definition) is 4. The zero-order valence-corrected chi connectivity index (χ0v) is 20.4. The summed E-state index contributed by atoms with van der Waals surface area (Å²) in [5.74, 6) is -0.187. The average Bonchev–Trinajstić information content (AvgIpc) is 2.81. The van der Waals surface area contributed by atoms with Gasteiger partial charge in [-0.3, -0.25) is 9.59 Å². The third-order valence-electron chi connectivity index (χ3n) is 5.18. The minimum absolute atomic E-state index is 0.0818. The Morgan fingerprint density at radius 2 is 1.68 bits per heavy atom. The van der Waals surface area contributed by atoms with Gasteiger partial charge in [0.1, 0.15) is 5.75 Å². The van der Waals surface area contributed by atoms with Crippen LogP contribution in [0.4, 0.5) is 5.69 Å². The average molecular weight is 478 g/mol. The van der Waals surface area contributed by atoms with E-state index in [4.69, 9.17) is 16.3 Å². The van der Waals surface area contributed by atoms with E-state index < -0.39 is 0 Å². The van der Waals surface area contributed by atoms with E-state index in [1.54, 1.807) is 48.7 Å². The van der Waals surface area contributed by atoms with Gasteiger partial charge in [-0.2, -0.15) is 5.10 Å². The highest BCUT2D eigenvalue weighted by Crippen LogP contribution is 2.24. The lowest BCUT2D eigenvalue weighted by Gasteiger charge is -2.18. The van der Waals surface area contributed by atoms with Gasteiger partial charge in [-0.15, -0.1) is 0 Å². The molecule has 3 aromatic rings. The first-order valence-electron chi connectivity index (χ1n) is 10.9. The predicted octanol–water partition coefficient (Wildman–Crippen LogP) is 5.73. The first kappa shape index (κ1) is 25.0. The number of hydrogen-bond donors (Lipinski definition) is 2. The van der Waals surface area contributed by atoms with E-state index in [-0.39, 0.29) is 23.8 Å². The number of amides is 2. The van der Waals surface area contributed by atoms with Crippen LogP contribution >= 0.6 is 11.6 Å². The number of anilines is 1. The zero-order chi connectivity index (χ0) is 24.7. The van der Waals surface area contributed by atoms with Gasteiger partial charge in [0.05, 0.1) is 6.21 Å². The molecule has 0 unspecified atom stereocenters. The molecule has 34 heavy (non-hydrogen) atoms. The summed E-state index contributed by atoms with van der Waals surface area (Å²) < 4.78 is 5.48. The number of halogens is 1. The summed E-state index contributed by atoms with van der Waals surface area (Å²) in [6.07, 6.45) is 1.58. The van der Waals surface area contributed by atoms with Crippen LogP contribution in [0.5, 0.6) is 5.75 Å². The van der Waals surface area contributed by atoms with Crippen LogP contribution in [0.15, 0.2) is 71.8 Å². The molecule has 0 spiro atoms. The lowest BCUT2D eigenvalue weighted by Crippen LogP contribution is -2.24. The van der Waals surface area contributed by atoms with E-state index in [9.17, 15) is 9.59 Å². The van der Waals surface area contributed by atoms with Crippen LogP contribution in [0.3, 0.4) is 0 Å². The summed E-state index contributed by atoms with van der Waals surface area (Å²) in [4.78, 5) is 24.5. The van der Waals surface area contributed by atoms with Crippen molar-refractivity contribution in [1.82, 2.24) is 5.43 Å². The topological polar surface area (TPSA) is 79.8 Å². The molecule has 2 N–H and O–H groups in total. The van der Waals surface area contributed by atoms with Gasteiger partial charge < -0.3 is 10.1 Å². The van der Waals surface area contributed by atoms with E-state index in [1.807, 2.05) is 31.2 Å². The molecule has 0 aliphatic heterocycles. The Kier molecular flexibility index (Phi) is 8.08. The Balaban J connectivity index is 1.47. The van der Waals surface area contributed by atoms with Gasteiger partial charge in [0.2, 0.25) is 0 Å². The largest absolute Gasteiger partial charge is 0.484 e. The summed E-state index contributed by atoms with van der Waals surface area (Å²) in [6, 6.07) is 19.9. The molecule has 0 atom stereocenters. The lowest BCUT2D eigenvalue weighted by molar-refractivity contribution is -0.123. The van der Waals surface area contributed by atoms with Gasteiger partial charge in [-0.25, -0.2) is 5.43 Å².